The van der Waals surface area contributed by atoms with Crippen LogP contribution in [0.15, 0.2) is 42.9 Å². The first-order valence-corrected chi connectivity index (χ1v) is 4.88. The maximum Gasteiger partial charge on any atom is 0.141 e. The van der Waals surface area contributed by atoms with E-state index < -0.39 is 0 Å². The molecule has 3 aromatic heterocycles. The molecule has 0 amide bonds. The van der Waals surface area contributed by atoms with Crippen LogP contribution in [-0.4, -0.2) is 15.0 Å². The molecule has 0 unspecified atom stereocenters. The molecule has 0 fully saturated rings. The van der Waals surface area contributed by atoms with Crippen LogP contribution in [0, 0.1) is 5.82 Å². The summed E-state index contributed by atoms with van der Waals surface area (Å²) >= 11 is 0. The van der Waals surface area contributed by atoms with E-state index in [0.717, 1.165) is 16.6 Å². The van der Waals surface area contributed by atoms with Gasteiger partial charge in [-0.3, -0.25) is 9.97 Å². The number of H-pyrrole nitrogens is 1. The molecule has 3 heterocycles. The van der Waals surface area contributed by atoms with Gasteiger partial charge in [-0.25, -0.2) is 4.39 Å². The Balaban J connectivity index is 2.22. The first-order valence-electron chi connectivity index (χ1n) is 4.88. The topological polar surface area (TPSA) is 41.6 Å². The van der Waals surface area contributed by atoms with E-state index in [4.69, 9.17) is 0 Å². The second kappa shape index (κ2) is 3.41. The van der Waals surface area contributed by atoms with Crippen LogP contribution in [0.2, 0.25) is 0 Å². The number of nitrogens with one attached hydrogen (secondary N) is 1. The molecule has 1 N–H and O–H groups in total. The smallest absolute Gasteiger partial charge is 0.141 e. The van der Waals surface area contributed by atoms with Crippen molar-refractivity contribution in [2.45, 2.75) is 0 Å². The lowest BCUT2D eigenvalue weighted by molar-refractivity contribution is 0.622. The normalized spacial score (nSPS) is 10.8. The Morgan fingerprint density at radius 1 is 1.12 bits per heavy atom. The molecule has 0 aliphatic carbocycles. The fourth-order valence-electron chi connectivity index (χ4n) is 1.69. The van der Waals surface area contributed by atoms with Gasteiger partial charge in [-0.1, -0.05) is 0 Å². The second-order valence-electron chi connectivity index (χ2n) is 3.46. The van der Waals surface area contributed by atoms with Gasteiger partial charge in [0.15, 0.2) is 0 Å². The molecule has 3 aromatic rings. The first kappa shape index (κ1) is 9.03. The van der Waals surface area contributed by atoms with Gasteiger partial charge in [0.25, 0.3) is 0 Å². The van der Waals surface area contributed by atoms with Crippen molar-refractivity contribution in [1.82, 2.24) is 15.0 Å². The van der Waals surface area contributed by atoms with Crippen LogP contribution in [-0.2, 0) is 0 Å². The Bertz CT molecular complexity index is 628. The third kappa shape index (κ3) is 1.35. The molecule has 4 heteroatoms. The van der Waals surface area contributed by atoms with Crippen molar-refractivity contribution >= 4 is 11.0 Å². The molecule has 0 atom stereocenters. The first-order chi connectivity index (χ1) is 7.84. The summed E-state index contributed by atoms with van der Waals surface area (Å²) in [7, 11) is 0. The molecule has 0 saturated carbocycles. The van der Waals surface area contributed by atoms with Crippen molar-refractivity contribution in [1.29, 1.82) is 0 Å². The highest BCUT2D eigenvalue weighted by Gasteiger charge is 2.07. The summed E-state index contributed by atoms with van der Waals surface area (Å²) in [6.45, 7) is 0. The second-order valence-corrected chi connectivity index (χ2v) is 3.46. The van der Waals surface area contributed by atoms with Gasteiger partial charge in [-0.2, -0.15) is 0 Å². The summed E-state index contributed by atoms with van der Waals surface area (Å²) in [4.78, 5) is 11.4. The predicted octanol–water partition coefficient (Wildman–Crippen LogP) is 2.76. The van der Waals surface area contributed by atoms with Crippen molar-refractivity contribution in [3.05, 3.63) is 48.7 Å². The minimum Gasteiger partial charge on any atom is -0.359 e. The highest BCUT2D eigenvalue weighted by molar-refractivity contribution is 5.90. The highest BCUT2D eigenvalue weighted by atomic mass is 19.1. The van der Waals surface area contributed by atoms with Crippen molar-refractivity contribution < 1.29 is 4.39 Å². The summed E-state index contributed by atoms with van der Waals surface area (Å²) in [5.41, 5.74) is 3.40. The average Bonchev–Trinajstić information content (AvgIpc) is 2.74. The molecule has 0 radical (unpaired) electrons. The van der Waals surface area contributed by atoms with Crippen LogP contribution in [0.4, 0.5) is 4.39 Å². The lowest BCUT2D eigenvalue weighted by atomic mass is 10.2. The molecule has 0 bridgehead atoms. The van der Waals surface area contributed by atoms with Gasteiger partial charge < -0.3 is 4.98 Å². The number of hydrogen-bond donors (Lipinski definition) is 1. The fraction of sp³-hybridized carbons (Fsp3) is 0. The number of rotatable bonds is 1. The third-order valence-corrected chi connectivity index (χ3v) is 2.44. The quantitative estimate of drug-likeness (QED) is 0.675. The Kier molecular flexibility index (Phi) is 1.93. The number of aromatic amines is 1. The van der Waals surface area contributed by atoms with E-state index in [1.807, 2.05) is 18.3 Å². The van der Waals surface area contributed by atoms with Crippen LogP contribution in [0.1, 0.15) is 0 Å². The van der Waals surface area contributed by atoms with Crippen LogP contribution in [0.5, 0.6) is 0 Å². The van der Waals surface area contributed by atoms with Crippen LogP contribution in [0.25, 0.3) is 22.3 Å². The van der Waals surface area contributed by atoms with Crippen LogP contribution >= 0.6 is 0 Å². The lowest BCUT2D eigenvalue weighted by Crippen LogP contribution is -1.84. The SMILES string of the molecule is Fc1ccc(-c2c[nH]c3cccnc23)nc1. The van der Waals surface area contributed by atoms with Crippen molar-refractivity contribution in [2.75, 3.05) is 0 Å². The predicted molar refractivity (Wildman–Crippen MR) is 59.3 cm³/mol. The van der Waals surface area contributed by atoms with E-state index in [1.54, 1.807) is 12.3 Å². The maximum absolute atomic E-state index is 12.8. The monoisotopic (exact) mass is 213 g/mol. The Labute approximate surface area is 91.0 Å². The zero-order valence-electron chi connectivity index (χ0n) is 8.31. The molecule has 3 nitrogen and oxygen atoms in total. The van der Waals surface area contributed by atoms with E-state index >= 15 is 0 Å². The molecule has 0 aliphatic rings. The summed E-state index contributed by atoms with van der Waals surface area (Å²) < 4.78 is 12.8. The number of nitrogens with zero attached hydrogens (tertiary/aromatic N) is 2. The molecule has 3 rings (SSSR count). The average molecular weight is 213 g/mol. The van der Waals surface area contributed by atoms with E-state index in [1.165, 1.54) is 12.3 Å². The van der Waals surface area contributed by atoms with Gasteiger partial charge in [-0.15, -0.1) is 0 Å². The molecular formula is C12H8FN3. The standard InChI is InChI=1S/C12H8FN3/c13-8-3-4-10(15-6-8)9-7-16-11-2-1-5-14-12(9)11/h1-7,16H. The number of pyridine rings is 2. The molecule has 0 spiro atoms. The summed E-state index contributed by atoms with van der Waals surface area (Å²) in [6.07, 6.45) is 4.76. The molecule has 0 aliphatic heterocycles. The number of halogens is 1. The third-order valence-electron chi connectivity index (χ3n) is 2.44. The molecule has 0 aromatic carbocycles. The lowest BCUT2D eigenvalue weighted by Gasteiger charge is -1.97. The summed E-state index contributed by atoms with van der Waals surface area (Å²) in [5.74, 6) is -0.337. The number of aromatic nitrogens is 3. The van der Waals surface area contributed by atoms with E-state index in [9.17, 15) is 4.39 Å². The number of hydrogen-bond acceptors (Lipinski definition) is 2. The Hall–Kier alpha value is -2.23. The van der Waals surface area contributed by atoms with Crippen LogP contribution in [0.3, 0.4) is 0 Å². The van der Waals surface area contributed by atoms with Gasteiger partial charge in [0.2, 0.25) is 0 Å². The zero-order chi connectivity index (χ0) is 11.0. The highest BCUT2D eigenvalue weighted by Crippen LogP contribution is 2.24. The Morgan fingerprint density at radius 2 is 2.06 bits per heavy atom. The summed E-state index contributed by atoms with van der Waals surface area (Å²) in [6, 6.07) is 6.84. The zero-order valence-corrected chi connectivity index (χ0v) is 8.31. The van der Waals surface area contributed by atoms with E-state index in [0.29, 0.717) is 5.69 Å². The molecule has 16 heavy (non-hydrogen) atoms. The van der Waals surface area contributed by atoms with E-state index in [-0.39, 0.29) is 5.82 Å². The van der Waals surface area contributed by atoms with Crippen molar-refractivity contribution in [3.8, 4) is 11.3 Å². The van der Waals surface area contributed by atoms with Gasteiger partial charge in [0.05, 0.1) is 22.9 Å². The minimum absolute atomic E-state index is 0.337. The largest absolute Gasteiger partial charge is 0.359 e. The van der Waals surface area contributed by atoms with Gasteiger partial charge in [0.1, 0.15) is 5.82 Å². The Morgan fingerprint density at radius 3 is 2.88 bits per heavy atom. The molecule has 0 saturated heterocycles. The molecular weight excluding hydrogens is 205 g/mol. The van der Waals surface area contributed by atoms with Crippen molar-refractivity contribution in [3.63, 3.8) is 0 Å². The maximum atomic E-state index is 12.8. The minimum atomic E-state index is -0.337. The van der Waals surface area contributed by atoms with Gasteiger partial charge >= 0.3 is 0 Å². The fourth-order valence-corrected chi connectivity index (χ4v) is 1.69. The van der Waals surface area contributed by atoms with Gasteiger partial charge in [-0.05, 0) is 24.3 Å². The van der Waals surface area contributed by atoms with Crippen molar-refractivity contribution in [2.24, 2.45) is 0 Å². The summed E-state index contributed by atoms with van der Waals surface area (Å²) in [5, 5.41) is 0. The number of fused-ring (bicyclic) bond motifs is 1. The van der Waals surface area contributed by atoms with E-state index in [2.05, 4.69) is 15.0 Å². The van der Waals surface area contributed by atoms with Gasteiger partial charge in [0, 0.05) is 18.0 Å². The van der Waals surface area contributed by atoms with Crippen LogP contribution < -0.4 is 0 Å². The molecule has 78 valence electrons.